The molecule has 1 amide bonds. The van der Waals surface area contributed by atoms with Crippen molar-refractivity contribution < 1.29 is 13.2 Å². The summed E-state index contributed by atoms with van der Waals surface area (Å²) in [5.41, 5.74) is 0.813. The number of nitrogens with two attached hydrogens (primary N) is 1. The van der Waals surface area contributed by atoms with E-state index in [2.05, 4.69) is 43.8 Å². The molecule has 0 aliphatic rings. The number of halogens is 2. The molecule has 3 N–H and O–H groups in total. The molecule has 2 aromatic rings. The summed E-state index contributed by atoms with van der Waals surface area (Å²) in [5, 5.41) is 7.77. The Morgan fingerprint density at radius 2 is 1.76 bits per heavy atom. The summed E-state index contributed by atoms with van der Waals surface area (Å²) in [6, 6.07) is 11.3. The van der Waals surface area contributed by atoms with Gasteiger partial charge in [-0.1, -0.05) is 0 Å². The fourth-order valence-corrected chi connectivity index (χ4v) is 2.91. The zero-order valence-electron chi connectivity index (χ0n) is 10.5. The molecule has 0 aliphatic carbocycles. The summed E-state index contributed by atoms with van der Waals surface area (Å²) in [6.07, 6.45) is 0. The first-order valence-corrected chi connectivity index (χ1v) is 9.08. The molecule has 0 aliphatic heterocycles. The number of primary sulfonamides is 1. The summed E-state index contributed by atoms with van der Waals surface area (Å²) in [5.74, 6) is -0.423. The molecule has 2 aromatic carbocycles. The smallest absolute Gasteiger partial charge is 0.256 e. The average molecular weight is 481 g/mol. The Kier molecular flexibility index (Phi) is 5.02. The molecule has 0 atom stereocenters. The number of sulfonamides is 1. The number of amides is 1. The Hall–Kier alpha value is -0.970. The zero-order chi connectivity index (χ0) is 15.6. The first-order chi connectivity index (χ1) is 9.77. The monoisotopic (exact) mass is 480 g/mol. The molecule has 110 valence electrons. The van der Waals surface area contributed by atoms with Crippen molar-refractivity contribution in [3.05, 3.63) is 56.1 Å². The van der Waals surface area contributed by atoms with Gasteiger partial charge in [0.1, 0.15) is 0 Å². The maximum Gasteiger partial charge on any atom is 0.256 e. The molecule has 8 heteroatoms. The Morgan fingerprint density at radius 3 is 2.33 bits per heavy atom. The minimum Gasteiger partial charge on any atom is -0.322 e. The largest absolute Gasteiger partial charge is 0.322 e. The van der Waals surface area contributed by atoms with Gasteiger partial charge in [-0.15, -0.1) is 0 Å². The van der Waals surface area contributed by atoms with Crippen molar-refractivity contribution in [2.75, 3.05) is 5.32 Å². The molecule has 0 heterocycles. The second kappa shape index (κ2) is 6.42. The lowest BCUT2D eigenvalue weighted by Crippen LogP contribution is -2.16. The number of rotatable bonds is 3. The molecule has 2 rings (SSSR count). The lowest BCUT2D eigenvalue weighted by Gasteiger charge is -2.08. The predicted octanol–water partition coefficient (Wildman–Crippen LogP) is 2.95. The highest BCUT2D eigenvalue weighted by molar-refractivity contribution is 14.1. The lowest BCUT2D eigenvalue weighted by atomic mass is 10.2. The van der Waals surface area contributed by atoms with Crippen LogP contribution in [0.2, 0.25) is 0 Å². The van der Waals surface area contributed by atoms with E-state index in [4.69, 9.17) is 5.14 Å². The van der Waals surface area contributed by atoms with E-state index in [0.717, 1.165) is 3.57 Å². The van der Waals surface area contributed by atoms with Crippen LogP contribution < -0.4 is 10.5 Å². The van der Waals surface area contributed by atoms with Gasteiger partial charge in [0.2, 0.25) is 10.0 Å². The average Bonchev–Trinajstić information content (AvgIpc) is 2.40. The van der Waals surface area contributed by atoms with E-state index in [1.807, 2.05) is 12.1 Å². The number of nitrogens with one attached hydrogen (secondary N) is 1. The molecule has 0 saturated heterocycles. The van der Waals surface area contributed by atoms with E-state index >= 15 is 0 Å². The molecule has 0 radical (unpaired) electrons. The highest BCUT2D eigenvalue weighted by atomic mass is 127. The Morgan fingerprint density at radius 1 is 1.14 bits per heavy atom. The molecular formula is C13H10BrIN2O3S. The van der Waals surface area contributed by atoms with Crippen LogP contribution in [0, 0.1) is 3.57 Å². The third kappa shape index (κ3) is 4.25. The second-order valence-corrected chi connectivity index (χ2v) is 7.81. The van der Waals surface area contributed by atoms with Gasteiger partial charge in [0, 0.05) is 13.7 Å². The fourth-order valence-electron chi connectivity index (χ4n) is 1.59. The summed E-state index contributed by atoms with van der Waals surface area (Å²) < 4.78 is 24.2. The Bertz CT molecular complexity index is 792. The number of hydrogen-bond acceptors (Lipinski definition) is 3. The normalized spacial score (nSPS) is 11.2. The standard InChI is InChI=1S/C13H10BrIN2O3S/c14-12-6-5-10(21(16,19)20)7-11(12)13(18)17-9-3-1-8(15)2-4-9/h1-7H,(H,17,18)(H2,16,19,20). The van der Waals surface area contributed by atoms with Gasteiger partial charge in [-0.05, 0) is 81.0 Å². The van der Waals surface area contributed by atoms with E-state index in [1.165, 1.54) is 18.2 Å². The molecule has 0 unspecified atom stereocenters. The van der Waals surface area contributed by atoms with Crippen LogP contribution >= 0.6 is 38.5 Å². The number of anilines is 1. The zero-order valence-corrected chi connectivity index (χ0v) is 15.1. The number of hydrogen-bond donors (Lipinski definition) is 2. The van der Waals surface area contributed by atoms with Crippen molar-refractivity contribution >= 4 is 60.1 Å². The van der Waals surface area contributed by atoms with Gasteiger partial charge >= 0.3 is 0 Å². The lowest BCUT2D eigenvalue weighted by molar-refractivity contribution is 0.102. The van der Waals surface area contributed by atoms with Crippen LogP contribution in [0.5, 0.6) is 0 Å². The molecule has 0 bridgehead atoms. The van der Waals surface area contributed by atoms with E-state index in [0.29, 0.717) is 10.2 Å². The van der Waals surface area contributed by atoms with Crippen LogP contribution in [-0.4, -0.2) is 14.3 Å². The summed E-state index contributed by atoms with van der Waals surface area (Å²) in [7, 11) is -3.86. The Balaban J connectivity index is 2.32. The summed E-state index contributed by atoms with van der Waals surface area (Å²) in [4.78, 5) is 12.1. The number of carbonyl (C=O) groups excluding carboxylic acids is 1. The van der Waals surface area contributed by atoms with Gasteiger partial charge in [-0.25, -0.2) is 13.6 Å². The van der Waals surface area contributed by atoms with Crippen molar-refractivity contribution in [3.63, 3.8) is 0 Å². The van der Waals surface area contributed by atoms with Gasteiger partial charge in [0.05, 0.1) is 10.5 Å². The topological polar surface area (TPSA) is 89.3 Å². The minimum atomic E-state index is -3.86. The maximum atomic E-state index is 12.2. The highest BCUT2D eigenvalue weighted by Crippen LogP contribution is 2.22. The molecular weight excluding hydrogens is 471 g/mol. The summed E-state index contributed by atoms with van der Waals surface area (Å²) in [6.45, 7) is 0. The van der Waals surface area contributed by atoms with Crippen molar-refractivity contribution in [1.29, 1.82) is 0 Å². The predicted molar refractivity (Wildman–Crippen MR) is 92.6 cm³/mol. The van der Waals surface area contributed by atoms with Crippen LogP contribution in [-0.2, 0) is 10.0 Å². The van der Waals surface area contributed by atoms with E-state index in [1.54, 1.807) is 12.1 Å². The van der Waals surface area contributed by atoms with E-state index in [9.17, 15) is 13.2 Å². The third-order valence-corrected chi connectivity index (χ3v) is 4.93. The van der Waals surface area contributed by atoms with Crippen LogP contribution in [0.25, 0.3) is 0 Å². The van der Waals surface area contributed by atoms with Gasteiger partial charge in [-0.2, -0.15) is 0 Å². The van der Waals surface area contributed by atoms with Crippen LogP contribution in [0.15, 0.2) is 51.8 Å². The quantitative estimate of drug-likeness (QED) is 0.662. The summed E-state index contributed by atoms with van der Waals surface area (Å²) >= 11 is 5.38. The highest BCUT2D eigenvalue weighted by Gasteiger charge is 2.15. The second-order valence-electron chi connectivity index (χ2n) is 4.15. The van der Waals surface area contributed by atoms with Crippen molar-refractivity contribution in [1.82, 2.24) is 0 Å². The van der Waals surface area contributed by atoms with Gasteiger partial charge < -0.3 is 5.32 Å². The minimum absolute atomic E-state index is 0.113. The van der Waals surface area contributed by atoms with Crippen LogP contribution in [0.1, 0.15) is 10.4 Å². The molecule has 0 fully saturated rings. The third-order valence-electron chi connectivity index (χ3n) is 2.61. The van der Waals surface area contributed by atoms with E-state index in [-0.39, 0.29) is 10.5 Å². The molecule has 0 saturated carbocycles. The van der Waals surface area contributed by atoms with Gasteiger partial charge in [-0.3, -0.25) is 4.79 Å². The number of benzene rings is 2. The van der Waals surface area contributed by atoms with Gasteiger partial charge in [0.15, 0.2) is 0 Å². The van der Waals surface area contributed by atoms with Crippen molar-refractivity contribution in [3.8, 4) is 0 Å². The molecule has 0 spiro atoms. The van der Waals surface area contributed by atoms with Crippen LogP contribution in [0.4, 0.5) is 5.69 Å². The van der Waals surface area contributed by atoms with Crippen LogP contribution in [0.3, 0.4) is 0 Å². The SMILES string of the molecule is NS(=O)(=O)c1ccc(Br)c(C(=O)Nc2ccc(I)cc2)c1. The Labute approximate surface area is 144 Å². The van der Waals surface area contributed by atoms with E-state index < -0.39 is 15.9 Å². The molecule has 0 aromatic heterocycles. The fraction of sp³-hybridized carbons (Fsp3) is 0. The van der Waals surface area contributed by atoms with Gasteiger partial charge in [0.25, 0.3) is 5.91 Å². The van der Waals surface area contributed by atoms with Crippen molar-refractivity contribution in [2.45, 2.75) is 4.90 Å². The molecule has 5 nitrogen and oxygen atoms in total. The number of carbonyl (C=O) groups is 1. The molecule has 21 heavy (non-hydrogen) atoms. The van der Waals surface area contributed by atoms with Crippen molar-refractivity contribution in [2.24, 2.45) is 5.14 Å². The maximum absolute atomic E-state index is 12.2. The first-order valence-electron chi connectivity index (χ1n) is 5.66. The first kappa shape index (κ1) is 16.4.